The number of alkyl halides is 3. The molecule has 2 atom stereocenters. The molecule has 1 aliphatic rings. The summed E-state index contributed by atoms with van der Waals surface area (Å²) in [7, 11) is 0. The molecule has 0 spiro atoms. The van der Waals surface area contributed by atoms with E-state index in [1.165, 1.54) is 0 Å². The van der Waals surface area contributed by atoms with Crippen molar-refractivity contribution in [3.05, 3.63) is 0 Å². The minimum Gasteiger partial charge on any atom is -0.391 e. The Bertz CT molecular complexity index is 245. The van der Waals surface area contributed by atoms with Gasteiger partial charge in [-0.15, -0.1) is 0 Å². The van der Waals surface area contributed by atoms with Gasteiger partial charge < -0.3 is 15.7 Å². The number of aliphatic hydroxyl groups is 1. The standard InChI is InChI=1S/C9H15F3N2O2/c10-9(11,12)5-13-8(16)14-6-3-1-2-4-7(6)15/h6-7,15H,1-5H2,(H2,13,14,16)/t6-,7-/m0/s1. The Kier molecular flexibility index (Phi) is 4.40. The van der Waals surface area contributed by atoms with Crippen LogP contribution in [0.3, 0.4) is 0 Å². The lowest BCUT2D eigenvalue weighted by Crippen LogP contribution is -2.50. The number of carbonyl (C=O) groups is 1. The number of amides is 2. The van der Waals surface area contributed by atoms with Crippen LogP contribution in [0.5, 0.6) is 0 Å². The van der Waals surface area contributed by atoms with Gasteiger partial charge in [0.2, 0.25) is 0 Å². The number of nitrogens with one attached hydrogen (secondary N) is 2. The molecule has 0 aromatic heterocycles. The van der Waals surface area contributed by atoms with Crippen molar-refractivity contribution in [1.82, 2.24) is 10.6 Å². The summed E-state index contributed by atoms with van der Waals surface area (Å²) in [4.78, 5) is 11.1. The first-order chi connectivity index (χ1) is 7.38. The molecule has 94 valence electrons. The summed E-state index contributed by atoms with van der Waals surface area (Å²) in [5.41, 5.74) is 0. The zero-order valence-electron chi connectivity index (χ0n) is 8.68. The second-order valence-corrected chi connectivity index (χ2v) is 3.90. The van der Waals surface area contributed by atoms with Crippen molar-refractivity contribution in [3.63, 3.8) is 0 Å². The smallest absolute Gasteiger partial charge is 0.391 e. The van der Waals surface area contributed by atoms with Crippen LogP contribution in [0.2, 0.25) is 0 Å². The molecular weight excluding hydrogens is 225 g/mol. The summed E-state index contributed by atoms with van der Waals surface area (Å²) in [5, 5.41) is 13.5. The molecule has 16 heavy (non-hydrogen) atoms. The molecule has 0 radical (unpaired) electrons. The van der Waals surface area contributed by atoms with E-state index in [0.29, 0.717) is 12.8 Å². The maximum Gasteiger partial charge on any atom is 0.405 e. The summed E-state index contributed by atoms with van der Waals surface area (Å²) < 4.78 is 35.3. The predicted molar refractivity (Wildman–Crippen MR) is 50.9 cm³/mol. The fraction of sp³-hybridized carbons (Fsp3) is 0.889. The van der Waals surface area contributed by atoms with Crippen LogP contribution in [0.15, 0.2) is 0 Å². The third-order valence-electron chi connectivity index (χ3n) is 2.50. The highest BCUT2D eigenvalue weighted by Crippen LogP contribution is 2.18. The highest BCUT2D eigenvalue weighted by molar-refractivity contribution is 5.74. The molecule has 2 amide bonds. The highest BCUT2D eigenvalue weighted by Gasteiger charge is 2.29. The molecule has 0 saturated heterocycles. The fourth-order valence-corrected chi connectivity index (χ4v) is 1.68. The van der Waals surface area contributed by atoms with Crippen LogP contribution in [-0.4, -0.2) is 36.0 Å². The van der Waals surface area contributed by atoms with E-state index in [4.69, 9.17) is 0 Å². The largest absolute Gasteiger partial charge is 0.405 e. The molecule has 0 heterocycles. The van der Waals surface area contributed by atoms with Crippen molar-refractivity contribution < 1.29 is 23.1 Å². The van der Waals surface area contributed by atoms with Gasteiger partial charge in [-0.05, 0) is 12.8 Å². The SMILES string of the molecule is O=C(NCC(F)(F)F)N[C@H]1CCCC[C@@H]1O. The van der Waals surface area contributed by atoms with Gasteiger partial charge in [0.1, 0.15) is 6.54 Å². The van der Waals surface area contributed by atoms with Gasteiger partial charge in [-0.1, -0.05) is 12.8 Å². The topological polar surface area (TPSA) is 61.4 Å². The number of aliphatic hydroxyl groups excluding tert-OH is 1. The molecule has 7 heteroatoms. The lowest BCUT2D eigenvalue weighted by molar-refractivity contribution is -0.122. The van der Waals surface area contributed by atoms with Crippen LogP contribution >= 0.6 is 0 Å². The van der Waals surface area contributed by atoms with Crippen molar-refractivity contribution in [3.8, 4) is 0 Å². The van der Waals surface area contributed by atoms with E-state index in [2.05, 4.69) is 5.32 Å². The van der Waals surface area contributed by atoms with E-state index < -0.39 is 30.9 Å². The van der Waals surface area contributed by atoms with Crippen LogP contribution in [0, 0.1) is 0 Å². The highest BCUT2D eigenvalue weighted by atomic mass is 19.4. The molecule has 1 aliphatic carbocycles. The molecule has 4 nitrogen and oxygen atoms in total. The average molecular weight is 240 g/mol. The third kappa shape index (κ3) is 4.69. The third-order valence-corrected chi connectivity index (χ3v) is 2.50. The molecule has 0 aromatic rings. The summed E-state index contributed by atoms with van der Waals surface area (Å²) in [5.74, 6) is 0. The van der Waals surface area contributed by atoms with Crippen LogP contribution < -0.4 is 10.6 Å². The first-order valence-electron chi connectivity index (χ1n) is 5.17. The van der Waals surface area contributed by atoms with E-state index in [-0.39, 0.29) is 0 Å². The Labute approximate surface area is 91.2 Å². The van der Waals surface area contributed by atoms with Crippen LogP contribution in [0.4, 0.5) is 18.0 Å². The molecule has 1 fully saturated rings. The Morgan fingerprint density at radius 2 is 1.94 bits per heavy atom. The van der Waals surface area contributed by atoms with Gasteiger partial charge >= 0.3 is 12.2 Å². The fourth-order valence-electron chi connectivity index (χ4n) is 1.68. The van der Waals surface area contributed by atoms with E-state index >= 15 is 0 Å². The normalized spacial score (nSPS) is 26.2. The monoisotopic (exact) mass is 240 g/mol. The van der Waals surface area contributed by atoms with E-state index in [1.54, 1.807) is 5.32 Å². The molecule has 0 aromatic carbocycles. The molecule has 3 N–H and O–H groups in total. The van der Waals surface area contributed by atoms with Crippen molar-refractivity contribution in [2.75, 3.05) is 6.54 Å². The van der Waals surface area contributed by atoms with Crippen LogP contribution in [0.1, 0.15) is 25.7 Å². The number of halogens is 3. The molecule has 0 aliphatic heterocycles. The molecule has 1 saturated carbocycles. The first-order valence-corrected chi connectivity index (χ1v) is 5.17. The van der Waals surface area contributed by atoms with Gasteiger partial charge in [0, 0.05) is 0 Å². The second-order valence-electron chi connectivity index (χ2n) is 3.90. The van der Waals surface area contributed by atoms with E-state index in [1.807, 2.05) is 0 Å². The van der Waals surface area contributed by atoms with Crippen LogP contribution in [-0.2, 0) is 0 Å². The van der Waals surface area contributed by atoms with E-state index in [0.717, 1.165) is 12.8 Å². The van der Waals surface area contributed by atoms with Crippen molar-refractivity contribution in [2.24, 2.45) is 0 Å². The number of carbonyl (C=O) groups excluding carboxylic acids is 1. The Morgan fingerprint density at radius 3 is 2.50 bits per heavy atom. The van der Waals surface area contributed by atoms with Gasteiger partial charge in [-0.25, -0.2) is 4.79 Å². The summed E-state index contributed by atoms with van der Waals surface area (Å²) in [6.45, 7) is -1.36. The average Bonchev–Trinajstić information content (AvgIpc) is 2.18. The van der Waals surface area contributed by atoms with Crippen molar-refractivity contribution in [2.45, 2.75) is 44.0 Å². The maximum atomic E-state index is 11.8. The second kappa shape index (κ2) is 5.38. The van der Waals surface area contributed by atoms with Gasteiger partial charge in [-0.2, -0.15) is 13.2 Å². The van der Waals surface area contributed by atoms with Gasteiger partial charge in [0.25, 0.3) is 0 Å². The summed E-state index contributed by atoms with van der Waals surface area (Å²) in [6, 6.07) is -1.33. The van der Waals surface area contributed by atoms with E-state index in [9.17, 15) is 23.1 Å². The van der Waals surface area contributed by atoms with Gasteiger partial charge in [0.05, 0.1) is 12.1 Å². The minimum absolute atomic E-state index is 0.443. The number of urea groups is 1. The Morgan fingerprint density at radius 1 is 1.31 bits per heavy atom. The molecule has 0 bridgehead atoms. The Hall–Kier alpha value is -0.980. The number of hydrogen-bond acceptors (Lipinski definition) is 2. The predicted octanol–water partition coefficient (Wildman–Crippen LogP) is 1.15. The lowest BCUT2D eigenvalue weighted by Gasteiger charge is -2.28. The Balaban J connectivity index is 2.28. The molecule has 0 unspecified atom stereocenters. The minimum atomic E-state index is -4.41. The van der Waals surface area contributed by atoms with Crippen molar-refractivity contribution >= 4 is 6.03 Å². The molecule has 1 rings (SSSR count). The summed E-state index contributed by atoms with van der Waals surface area (Å²) in [6.07, 6.45) is -2.16. The maximum absolute atomic E-state index is 11.8. The van der Waals surface area contributed by atoms with Crippen LogP contribution in [0.25, 0.3) is 0 Å². The zero-order chi connectivity index (χ0) is 12.2. The zero-order valence-corrected chi connectivity index (χ0v) is 8.68. The molecular formula is C9H15F3N2O2. The summed E-state index contributed by atoms with van der Waals surface area (Å²) >= 11 is 0. The number of hydrogen-bond donors (Lipinski definition) is 3. The van der Waals surface area contributed by atoms with Gasteiger partial charge in [-0.3, -0.25) is 0 Å². The first kappa shape index (κ1) is 13.1. The lowest BCUT2D eigenvalue weighted by atomic mass is 9.93. The van der Waals surface area contributed by atoms with Gasteiger partial charge in [0.15, 0.2) is 0 Å². The van der Waals surface area contributed by atoms with Crippen molar-refractivity contribution in [1.29, 1.82) is 0 Å². The quantitative estimate of drug-likeness (QED) is 0.678. The number of rotatable bonds is 2.